The Labute approximate surface area is 118 Å². The van der Waals surface area contributed by atoms with Crippen molar-refractivity contribution < 1.29 is 4.52 Å². The zero-order valence-corrected chi connectivity index (χ0v) is 11.5. The molecule has 1 saturated heterocycles. The van der Waals surface area contributed by atoms with Crippen LogP contribution in [-0.2, 0) is 5.41 Å². The van der Waals surface area contributed by atoms with Gasteiger partial charge >= 0.3 is 0 Å². The highest BCUT2D eigenvalue weighted by Gasteiger charge is 2.44. The number of benzene rings is 1. The molecular formula is C16H19N3O. The van der Waals surface area contributed by atoms with Crippen LogP contribution in [0.15, 0.2) is 34.9 Å². The van der Waals surface area contributed by atoms with Crippen molar-refractivity contribution in [2.45, 2.75) is 43.6 Å². The smallest absolute Gasteiger partial charge is 0.243 e. The van der Waals surface area contributed by atoms with Crippen molar-refractivity contribution in [2.24, 2.45) is 0 Å². The zero-order valence-electron chi connectivity index (χ0n) is 11.5. The summed E-state index contributed by atoms with van der Waals surface area (Å²) >= 11 is 0. The molecule has 0 bridgehead atoms. The summed E-state index contributed by atoms with van der Waals surface area (Å²) in [6.45, 7) is 1.05. The molecule has 0 amide bonds. The van der Waals surface area contributed by atoms with Crippen molar-refractivity contribution >= 4 is 0 Å². The number of hydrogen-bond donors (Lipinski definition) is 1. The van der Waals surface area contributed by atoms with E-state index in [-0.39, 0.29) is 11.5 Å². The predicted octanol–water partition coefficient (Wildman–Crippen LogP) is 2.96. The highest BCUT2D eigenvalue weighted by molar-refractivity contribution is 5.35. The topological polar surface area (TPSA) is 51.0 Å². The number of aromatic nitrogens is 2. The third-order valence-electron chi connectivity index (χ3n) is 4.76. The maximum atomic E-state index is 5.53. The summed E-state index contributed by atoms with van der Waals surface area (Å²) in [5, 5.41) is 7.72. The van der Waals surface area contributed by atoms with E-state index in [0.29, 0.717) is 0 Å². The lowest BCUT2D eigenvalue weighted by Gasteiger charge is -2.39. The third kappa shape index (κ3) is 1.79. The van der Waals surface area contributed by atoms with Gasteiger partial charge in [-0.1, -0.05) is 41.9 Å². The number of rotatable bonds is 3. The van der Waals surface area contributed by atoms with Crippen LogP contribution in [-0.4, -0.2) is 16.7 Å². The largest absolute Gasteiger partial charge is 0.338 e. The second-order valence-electron chi connectivity index (χ2n) is 5.91. The Balaban J connectivity index is 1.68. The molecule has 2 aromatic rings. The fourth-order valence-corrected chi connectivity index (χ4v) is 3.40. The highest BCUT2D eigenvalue weighted by atomic mass is 16.5. The van der Waals surface area contributed by atoms with E-state index in [1.807, 2.05) is 0 Å². The van der Waals surface area contributed by atoms with E-state index in [2.05, 4.69) is 40.8 Å². The van der Waals surface area contributed by atoms with Gasteiger partial charge in [0.05, 0.1) is 11.5 Å². The minimum absolute atomic E-state index is 0.0123. The monoisotopic (exact) mass is 269 g/mol. The van der Waals surface area contributed by atoms with Crippen LogP contribution in [0.5, 0.6) is 0 Å². The maximum Gasteiger partial charge on any atom is 0.243 e. The molecule has 1 atom stereocenters. The number of hydrogen-bond acceptors (Lipinski definition) is 4. The van der Waals surface area contributed by atoms with Gasteiger partial charge in [0.1, 0.15) is 0 Å². The van der Waals surface area contributed by atoms with Crippen LogP contribution < -0.4 is 5.32 Å². The van der Waals surface area contributed by atoms with Crippen molar-refractivity contribution in [1.29, 1.82) is 0 Å². The molecule has 2 fully saturated rings. The Hall–Kier alpha value is -1.68. The van der Waals surface area contributed by atoms with Gasteiger partial charge in [0.15, 0.2) is 5.82 Å². The molecule has 104 valence electrons. The van der Waals surface area contributed by atoms with Crippen LogP contribution in [0.3, 0.4) is 0 Å². The number of nitrogens with zero attached hydrogens (tertiary/aromatic N) is 2. The molecule has 0 radical (unpaired) electrons. The van der Waals surface area contributed by atoms with Crippen LogP contribution in [0.1, 0.15) is 55.4 Å². The van der Waals surface area contributed by atoms with E-state index >= 15 is 0 Å². The second-order valence-corrected chi connectivity index (χ2v) is 5.91. The normalized spacial score (nSPS) is 24.5. The molecule has 4 heteroatoms. The molecule has 1 aromatic heterocycles. The van der Waals surface area contributed by atoms with Crippen molar-refractivity contribution in [3.05, 3.63) is 47.6 Å². The summed E-state index contributed by atoms with van der Waals surface area (Å²) in [6.07, 6.45) is 5.76. The molecule has 1 aliphatic heterocycles. The molecule has 1 saturated carbocycles. The van der Waals surface area contributed by atoms with E-state index in [1.54, 1.807) is 0 Å². The Kier molecular flexibility index (Phi) is 2.84. The summed E-state index contributed by atoms with van der Waals surface area (Å²) in [5.74, 6) is 1.64. The van der Waals surface area contributed by atoms with E-state index in [0.717, 1.165) is 37.5 Å². The van der Waals surface area contributed by atoms with Crippen LogP contribution >= 0.6 is 0 Å². The van der Waals surface area contributed by atoms with E-state index < -0.39 is 0 Å². The van der Waals surface area contributed by atoms with Gasteiger partial charge in [-0.3, -0.25) is 0 Å². The molecule has 1 aromatic carbocycles. The van der Waals surface area contributed by atoms with Gasteiger partial charge in [0, 0.05) is 0 Å². The molecule has 4 rings (SSSR count). The van der Waals surface area contributed by atoms with Gasteiger partial charge in [-0.05, 0) is 37.8 Å². The first-order valence-electron chi connectivity index (χ1n) is 7.51. The quantitative estimate of drug-likeness (QED) is 0.930. The summed E-state index contributed by atoms with van der Waals surface area (Å²) in [6, 6.07) is 10.9. The molecular weight excluding hydrogens is 250 g/mol. The Morgan fingerprint density at radius 2 is 2.00 bits per heavy atom. The first kappa shape index (κ1) is 12.1. The highest BCUT2D eigenvalue weighted by Crippen LogP contribution is 2.47. The molecule has 0 unspecified atom stereocenters. The SMILES string of the molecule is c1ccc(C2(c3noc([C@H]4CCCN4)n3)CCC2)cc1. The molecule has 0 spiro atoms. The second kappa shape index (κ2) is 4.70. The Bertz CT molecular complexity index is 583. The lowest BCUT2D eigenvalue weighted by atomic mass is 9.64. The molecule has 20 heavy (non-hydrogen) atoms. The van der Waals surface area contributed by atoms with Gasteiger partial charge in [-0.25, -0.2) is 0 Å². The first-order valence-corrected chi connectivity index (χ1v) is 7.51. The maximum absolute atomic E-state index is 5.53. The fourth-order valence-electron chi connectivity index (χ4n) is 3.40. The minimum Gasteiger partial charge on any atom is -0.338 e. The number of nitrogens with one attached hydrogen (secondary N) is 1. The lowest BCUT2D eigenvalue weighted by Crippen LogP contribution is -2.36. The van der Waals surface area contributed by atoms with E-state index in [1.165, 1.54) is 18.4 Å². The van der Waals surface area contributed by atoms with Crippen LogP contribution in [0.2, 0.25) is 0 Å². The standard InChI is InChI=1S/C16H19N3O/c1-2-6-12(7-3-1)16(9-5-10-16)15-18-14(20-19-15)13-8-4-11-17-13/h1-3,6-7,13,17H,4-5,8-11H2/t13-/m1/s1. The molecule has 2 aliphatic rings. The Morgan fingerprint density at radius 1 is 1.15 bits per heavy atom. The molecule has 2 heterocycles. The van der Waals surface area contributed by atoms with Crippen LogP contribution in [0.25, 0.3) is 0 Å². The average molecular weight is 269 g/mol. The molecule has 1 N–H and O–H groups in total. The van der Waals surface area contributed by atoms with E-state index in [4.69, 9.17) is 9.51 Å². The van der Waals surface area contributed by atoms with Crippen molar-refractivity contribution in [3.8, 4) is 0 Å². The van der Waals surface area contributed by atoms with Gasteiger partial charge in [0.2, 0.25) is 5.89 Å². The lowest BCUT2D eigenvalue weighted by molar-refractivity contribution is 0.269. The average Bonchev–Trinajstić information content (AvgIpc) is 3.09. The van der Waals surface area contributed by atoms with Gasteiger partial charge in [-0.2, -0.15) is 4.98 Å². The zero-order chi connectivity index (χ0) is 13.4. The van der Waals surface area contributed by atoms with Gasteiger partial charge < -0.3 is 9.84 Å². The molecule has 4 nitrogen and oxygen atoms in total. The van der Waals surface area contributed by atoms with Crippen molar-refractivity contribution in [2.75, 3.05) is 6.54 Å². The summed E-state index contributed by atoms with van der Waals surface area (Å²) in [4.78, 5) is 4.72. The predicted molar refractivity (Wildman–Crippen MR) is 75.3 cm³/mol. The fraction of sp³-hybridized carbons (Fsp3) is 0.500. The third-order valence-corrected chi connectivity index (χ3v) is 4.76. The summed E-state index contributed by atoms with van der Waals surface area (Å²) in [7, 11) is 0. The molecule has 1 aliphatic carbocycles. The van der Waals surface area contributed by atoms with Crippen molar-refractivity contribution in [3.63, 3.8) is 0 Å². The van der Waals surface area contributed by atoms with Gasteiger partial charge in [-0.15, -0.1) is 0 Å². The minimum atomic E-state index is -0.0123. The van der Waals surface area contributed by atoms with E-state index in [9.17, 15) is 0 Å². The first-order chi connectivity index (χ1) is 9.88. The van der Waals surface area contributed by atoms with Crippen molar-refractivity contribution in [1.82, 2.24) is 15.5 Å². The van der Waals surface area contributed by atoms with Gasteiger partial charge in [0.25, 0.3) is 0 Å². The van der Waals surface area contributed by atoms with Crippen LogP contribution in [0.4, 0.5) is 0 Å². The van der Waals surface area contributed by atoms with Crippen LogP contribution in [0, 0.1) is 0 Å². The Morgan fingerprint density at radius 3 is 2.65 bits per heavy atom. The summed E-state index contributed by atoms with van der Waals surface area (Å²) in [5.41, 5.74) is 1.31. The summed E-state index contributed by atoms with van der Waals surface area (Å²) < 4.78 is 5.53.